The summed E-state index contributed by atoms with van der Waals surface area (Å²) in [4.78, 5) is 10.5. The molecule has 0 spiro atoms. The molecule has 1 aromatic carbocycles. The van der Waals surface area contributed by atoms with Crippen molar-refractivity contribution in [3.8, 4) is 11.5 Å². The van der Waals surface area contributed by atoms with Crippen molar-refractivity contribution in [2.75, 3.05) is 0 Å². The molecule has 4 heteroatoms. The second kappa shape index (κ2) is 11.3. The summed E-state index contributed by atoms with van der Waals surface area (Å²) in [6, 6.07) is 3.37. The average molecular weight is 393 g/mol. The molecule has 28 heavy (non-hydrogen) atoms. The number of unbranched alkanes of at least 4 members (excludes halogenated alkanes) is 4. The number of aryl methyl sites for hydroxylation is 2. The summed E-state index contributed by atoms with van der Waals surface area (Å²) in [5.41, 5.74) is 1.63. The van der Waals surface area contributed by atoms with Gasteiger partial charge in [-0.3, -0.25) is 4.79 Å². The highest BCUT2D eigenvalue weighted by atomic mass is 16.5. The first kappa shape index (κ1) is 24.3. The molecule has 0 aliphatic heterocycles. The maximum atomic E-state index is 10.6. The van der Waals surface area contributed by atoms with Gasteiger partial charge in [-0.05, 0) is 87.5 Å². The molecule has 0 atom stereocenters. The van der Waals surface area contributed by atoms with Crippen molar-refractivity contribution in [1.82, 2.24) is 0 Å². The highest BCUT2D eigenvalue weighted by Crippen LogP contribution is 2.31. The number of carbonyl (C=O) groups excluding carboxylic acids is 1. The molecule has 0 radical (unpaired) electrons. The molecule has 0 amide bonds. The Morgan fingerprint density at radius 2 is 1.32 bits per heavy atom. The summed E-state index contributed by atoms with van der Waals surface area (Å²) in [5.74, 6) is 0.580. The lowest BCUT2D eigenvalue weighted by Gasteiger charge is -2.22. The summed E-state index contributed by atoms with van der Waals surface area (Å²) in [5, 5.41) is 20.6. The van der Waals surface area contributed by atoms with Crippen LogP contribution in [0.3, 0.4) is 0 Å². The van der Waals surface area contributed by atoms with Crippen LogP contribution in [0.25, 0.3) is 0 Å². The van der Waals surface area contributed by atoms with E-state index in [1.807, 2.05) is 13.8 Å². The Bertz CT molecular complexity index is 599. The van der Waals surface area contributed by atoms with E-state index in [9.17, 15) is 15.0 Å². The number of benzene rings is 1. The second-order valence-electron chi connectivity index (χ2n) is 9.77. The predicted octanol–water partition coefficient (Wildman–Crippen LogP) is 6.30. The summed E-state index contributed by atoms with van der Waals surface area (Å²) in [6.45, 7) is 11.1. The average Bonchev–Trinajstić information content (AvgIpc) is 2.56. The van der Waals surface area contributed by atoms with Gasteiger partial charge in [0.1, 0.15) is 17.1 Å². The zero-order chi connectivity index (χ0) is 21.2. The van der Waals surface area contributed by atoms with Gasteiger partial charge in [0.2, 0.25) is 0 Å². The Hall–Kier alpha value is -1.71. The fraction of sp³-hybridized carbons (Fsp3) is 0.708. The smallest absolute Gasteiger partial charge is 0.293 e. The summed E-state index contributed by atoms with van der Waals surface area (Å²) >= 11 is 0. The van der Waals surface area contributed by atoms with E-state index in [-0.39, 0.29) is 5.75 Å². The van der Waals surface area contributed by atoms with E-state index in [1.54, 1.807) is 12.1 Å². The zero-order valence-corrected chi connectivity index (χ0v) is 18.5. The van der Waals surface area contributed by atoms with Crippen LogP contribution >= 0.6 is 0 Å². The zero-order valence-electron chi connectivity index (χ0n) is 18.5. The first-order chi connectivity index (χ1) is 13.0. The molecule has 0 saturated carbocycles. The molecule has 160 valence electrons. The third-order valence-corrected chi connectivity index (χ3v) is 5.22. The molecular weight excluding hydrogens is 352 g/mol. The molecule has 0 unspecified atom stereocenters. The van der Waals surface area contributed by atoms with Gasteiger partial charge in [0.25, 0.3) is 6.47 Å². The minimum absolute atomic E-state index is 0.234. The van der Waals surface area contributed by atoms with Crippen LogP contribution in [0.5, 0.6) is 11.5 Å². The number of rotatable bonds is 13. The largest absolute Gasteiger partial charge is 0.508 e. The first-order valence-electron chi connectivity index (χ1n) is 10.7. The van der Waals surface area contributed by atoms with Gasteiger partial charge in [-0.15, -0.1) is 0 Å². The Morgan fingerprint density at radius 3 is 1.79 bits per heavy atom. The van der Waals surface area contributed by atoms with Gasteiger partial charge in [0.05, 0.1) is 0 Å². The van der Waals surface area contributed by atoms with Gasteiger partial charge >= 0.3 is 0 Å². The normalized spacial score (nSPS) is 12.2. The number of aromatic hydroxyl groups is 2. The molecule has 0 aromatic heterocycles. The molecule has 1 aromatic rings. The van der Waals surface area contributed by atoms with Crippen LogP contribution in [0.15, 0.2) is 12.1 Å². The molecule has 2 N–H and O–H groups in total. The van der Waals surface area contributed by atoms with Crippen LogP contribution in [0, 0.1) is 5.41 Å². The Morgan fingerprint density at radius 1 is 0.821 bits per heavy atom. The lowest BCUT2D eigenvalue weighted by Crippen LogP contribution is -2.23. The van der Waals surface area contributed by atoms with E-state index in [1.165, 1.54) is 12.8 Å². The number of phenolic OH excluding ortho intramolecular Hbond substituents is 2. The molecule has 0 heterocycles. The molecule has 4 nitrogen and oxygen atoms in total. The lowest BCUT2D eigenvalue weighted by molar-refractivity contribution is -0.140. The Kier molecular flexibility index (Phi) is 9.84. The van der Waals surface area contributed by atoms with Crippen LogP contribution < -0.4 is 0 Å². The second-order valence-corrected chi connectivity index (χ2v) is 9.77. The van der Waals surface area contributed by atoms with Crippen LogP contribution in [0.4, 0.5) is 0 Å². The van der Waals surface area contributed by atoms with Gasteiger partial charge in [-0.2, -0.15) is 0 Å². The van der Waals surface area contributed by atoms with Crippen LogP contribution in [-0.4, -0.2) is 22.3 Å². The SMILES string of the molecule is CC(C)(C)CCCCCc1cc(O)cc(CCCCCC(C)(C)OC=O)c1O. The van der Waals surface area contributed by atoms with E-state index >= 15 is 0 Å². The van der Waals surface area contributed by atoms with Crippen molar-refractivity contribution in [2.45, 2.75) is 104 Å². The Balaban J connectivity index is 2.45. The molecule has 0 saturated heterocycles. The topological polar surface area (TPSA) is 66.8 Å². The standard InChI is InChI=1S/C24H40O4/c1-23(2,3)14-10-6-8-12-19-16-21(26)17-20(22(19)27)13-9-7-11-15-24(4,5)28-18-25/h16-18,26-27H,6-15H2,1-5H3. The quantitative estimate of drug-likeness (QED) is 0.235. The predicted molar refractivity (Wildman–Crippen MR) is 115 cm³/mol. The van der Waals surface area contributed by atoms with Crippen LogP contribution in [0.1, 0.15) is 97.1 Å². The highest BCUT2D eigenvalue weighted by Gasteiger charge is 2.18. The summed E-state index contributed by atoms with van der Waals surface area (Å²) < 4.78 is 5.06. The number of ether oxygens (including phenoxy) is 1. The van der Waals surface area contributed by atoms with Gasteiger partial charge in [0, 0.05) is 0 Å². The molecule has 1 rings (SSSR count). The van der Waals surface area contributed by atoms with Crippen molar-refractivity contribution < 1.29 is 19.7 Å². The molecule has 0 aliphatic rings. The highest BCUT2D eigenvalue weighted by molar-refractivity contribution is 5.46. The van der Waals surface area contributed by atoms with E-state index in [0.717, 1.165) is 62.5 Å². The van der Waals surface area contributed by atoms with Gasteiger partial charge in [0.15, 0.2) is 0 Å². The summed E-state index contributed by atoms with van der Waals surface area (Å²) in [6.07, 6.45) is 9.80. The van der Waals surface area contributed by atoms with E-state index in [2.05, 4.69) is 20.8 Å². The fourth-order valence-corrected chi connectivity index (χ4v) is 3.50. The van der Waals surface area contributed by atoms with Crippen LogP contribution in [-0.2, 0) is 22.4 Å². The number of hydrogen-bond donors (Lipinski definition) is 2. The Labute approximate surface area is 171 Å². The van der Waals surface area contributed by atoms with Crippen LogP contribution in [0.2, 0.25) is 0 Å². The maximum absolute atomic E-state index is 10.6. The minimum Gasteiger partial charge on any atom is -0.508 e. The summed E-state index contributed by atoms with van der Waals surface area (Å²) in [7, 11) is 0. The van der Waals surface area contributed by atoms with E-state index in [4.69, 9.17) is 4.74 Å². The first-order valence-corrected chi connectivity index (χ1v) is 10.7. The monoisotopic (exact) mass is 392 g/mol. The molecule has 0 aliphatic carbocycles. The third-order valence-electron chi connectivity index (χ3n) is 5.22. The number of phenols is 2. The van der Waals surface area contributed by atoms with Gasteiger partial charge in [-0.1, -0.05) is 40.0 Å². The van der Waals surface area contributed by atoms with Crippen molar-refractivity contribution >= 4 is 6.47 Å². The van der Waals surface area contributed by atoms with Crippen molar-refractivity contribution in [3.63, 3.8) is 0 Å². The van der Waals surface area contributed by atoms with Crippen molar-refractivity contribution in [1.29, 1.82) is 0 Å². The lowest BCUT2D eigenvalue weighted by atomic mass is 9.89. The van der Waals surface area contributed by atoms with Gasteiger partial charge < -0.3 is 14.9 Å². The van der Waals surface area contributed by atoms with E-state index < -0.39 is 5.60 Å². The van der Waals surface area contributed by atoms with Crippen molar-refractivity contribution in [2.24, 2.45) is 5.41 Å². The fourth-order valence-electron chi connectivity index (χ4n) is 3.50. The third kappa shape index (κ3) is 10.0. The number of carbonyl (C=O) groups is 1. The minimum atomic E-state index is -0.422. The number of hydrogen-bond acceptors (Lipinski definition) is 4. The van der Waals surface area contributed by atoms with E-state index in [0.29, 0.717) is 17.6 Å². The maximum Gasteiger partial charge on any atom is 0.293 e. The molecular formula is C24H40O4. The van der Waals surface area contributed by atoms with Crippen molar-refractivity contribution in [3.05, 3.63) is 23.3 Å². The van der Waals surface area contributed by atoms with Gasteiger partial charge in [-0.25, -0.2) is 0 Å². The molecule has 0 bridgehead atoms. The molecule has 0 fully saturated rings.